The molecule has 0 unspecified atom stereocenters. The molecule has 1 amide bonds. The van der Waals surface area contributed by atoms with Crippen molar-refractivity contribution in [1.82, 2.24) is 0 Å². The van der Waals surface area contributed by atoms with Gasteiger partial charge in [0, 0.05) is 11.1 Å². The quantitative estimate of drug-likeness (QED) is 0.561. The second kappa shape index (κ2) is 7.67. The maximum atomic E-state index is 12.2. The first kappa shape index (κ1) is 19.3. The topological polar surface area (TPSA) is 136 Å². The normalized spacial score (nSPS) is 11.2. The van der Waals surface area contributed by atoms with Crippen LogP contribution in [0.2, 0.25) is 0 Å². The number of carbonyl (C=O) groups excluding carboxylic acids is 2. The summed E-state index contributed by atoms with van der Waals surface area (Å²) in [6.07, 6.45) is 0. The van der Waals surface area contributed by atoms with Crippen LogP contribution in [0.4, 0.5) is 5.69 Å². The zero-order valence-corrected chi connectivity index (χ0v) is 15.3. The number of esters is 1. The third-order valence-electron chi connectivity index (χ3n) is 3.92. The molecular weight excluding hydrogens is 384 g/mol. The van der Waals surface area contributed by atoms with Gasteiger partial charge in [0.1, 0.15) is 11.3 Å². The molecule has 0 spiro atoms. The minimum atomic E-state index is -3.83. The number of nitrogens with two attached hydrogens (primary N) is 1. The lowest BCUT2D eigenvalue weighted by atomic mass is 10.1. The molecule has 0 aliphatic heterocycles. The van der Waals surface area contributed by atoms with Crippen molar-refractivity contribution in [3.63, 3.8) is 0 Å². The number of aromatic hydroxyl groups is 1. The second-order valence-corrected chi connectivity index (χ2v) is 7.44. The molecule has 0 saturated carbocycles. The second-order valence-electron chi connectivity index (χ2n) is 5.88. The van der Waals surface area contributed by atoms with Crippen LogP contribution in [0.25, 0.3) is 10.8 Å². The van der Waals surface area contributed by atoms with E-state index in [4.69, 9.17) is 9.88 Å². The van der Waals surface area contributed by atoms with Gasteiger partial charge >= 0.3 is 5.97 Å². The van der Waals surface area contributed by atoms with Crippen molar-refractivity contribution < 1.29 is 27.9 Å². The van der Waals surface area contributed by atoms with Crippen LogP contribution in [0.15, 0.2) is 65.6 Å². The lowest BCUT2D eigenvalue weighted by Crippen LogP contribution is -2.21. The lowest BCUT2D eigenvalue weighted by Gasteiger charge is -2.09. The largest absolute Gasteiger partial charge is 0.506 e. The third-order valence-corrected chi connectivity index (χ3v) is 4.85. The maximum Gasteiger partial charge on any atom is 0.342 e. The average Bonchev–Trinajstić information content (AvgIpc) is 2.66. The van der Waals surface area contributed by atoms with E-state index in [1.807, 2.05) is 0 Å². The van der Waals surface area contributed by atoms with Crippen LogP contribution < -0.4 is 10.5 Å². The molecule has 4 N–H and O–H groups in total. The Morgan fingerprint density at radius 1 is 1.00 bits per heavy atom. The molecule has 0 saturated heterocycles. The standard InChI is InChI=1S/C19H16N2O6S/c20-28(25,26)14-8-6-13(7-9-14)21-17(22)11-27-19(24)16-10-5-12-3-1-2-4-15(12)18(16)23/h1-10,23H,11H2,(H,21,22)(H2,20,25,26). The van der Waals surface area contributed by atoms with Crippen LogP contribution in [0.5, 0.6) is 5.75 Å². The van der Waals surface area contributed by atoms with Crippen molar-refractivity contribution >= 4 is 38.4 Å². The van der Waals surface area contributed by atoms with Gasteiger partial charge in [0.25, 0.3) is 5.91 Å². The number of hydrogen-bond acceptors (Lipinski definition) is 6. The van der Waals surface area contributed by atoms with Gasteiger partial charge in [0.05, 0.1) is 4.90 Å². The number of phenols is 1. The Hall–Kier alpha value is -3.43. The molecule has 9 heteroatoms. The van der Waals surface area contributed by atoms with E-state index >= 15 is 0 Å². The number of fused-ring (bicyclic) bond motifs is 1. The van der Waals surface area contributed by atoms with E-state index in [1.54, 1.807) is 30.3 Å². The molecule has 0 radical (unpaired) electrons. The summed E-state index contributed by atoms with van der Waals surface area (Å²) in [6.45, 7) is -0.581. The van der Waals surface area contributed by atoms with Gasteiger partial charge in [-0.3, -0.25) is 4.79 Å². The summed E-state index contributed by atoms with van der Waals surface area (Å²) in [5.41, 5.74) is 0.256. The number of anilines is 1. The molecule has 3 aromatic carbocycles. The Balaban J connectivity index is 1.63. The summed E-state index contributed by atoms with van der Waals surface area (Å²) >= 11 is 0. The first-order valence-corrected chi connectivity index (χ1v) is 9.61. The number of sulfonamides is 1. The number of phenolic OH excluding ortho intramolecular Hbond substituents is 1. The van der Waals surface area contributed by atoms with Crippen LogP contribution in [-0.2, 0) is 19.6 Å². The van der Waals surface area contributed by atoms with Crippen LogP contribution in [-0.4, -0.2) is 32.0 Å². The van der Waals surface area contributed by atoms with E-state index in [2.05, 4.69) is 5.32 Å². The smallest absolute Gasteiger partial charge is 0.342 e. The molecule has 0 aliphatic rings. The molecule has 0 bridgehead atoms. The summed E-state index contributed by atoms with van der Waals surface area (Å²) in [5.74, 6) is -1.69. The Kier molecular flexibility index (Phi) is 5.30. The lowest BCUT2D eigenvalue weighted by molar-refractivity contribution is -0.119. The van der Waals surface area contributed by atoms with Crippen molar-refractivity contribution in [1.29, 1.82) is 0 Å². The van der Waals surface area contributed by atoms with E-state index in [-0.39, 0.29) is 16.2 Å². The molecule has 28 heavy (non-hydrogen) atoms. The molecule has 0 fully saturated rings. The molecule has 0 heterocycles. The molecule has 144 valence electrons. The Morgan fingerprint density at radius 3 is 2.36 bits per heavy atom. The zero-order chi connectivity index (χ0) is 20.3. The highest BCUT2D eigenvalue weighted by atomic mass is 32.2. The van der Waals surface area contributed by atoms with E-state index in [0.717, 1.165) is 5.39 Å². The summed E-state index contributed by atoms with van der Waals surface area (Å²) in [7, 11) is -3.83. The number of ether oxygens (including phenoxy) is 1. The Morgan fingerprint density at radius 2 is 1.68 bits per heavy atom. The molecule has 0 aliphatic carbocycles. The summed E-state index contributed by atoms with van der Waals surface area (Å²) in [4.78, 5) is 24.0. The zero-order valence-electron chi connectivity index (χ0n) is 14.5. The fourth-order valence-corrected chi connectivity index (χ4v) is 3.07. The Bertz CT molecular complexity index is 1160. The fraction of sp³-hybridized carbons (Fsp3) is 0.0526. The Labute approximate surface area is 160 Å². The van der Waals surface area contributed by atoms with E-state index in [9.17, 15) is 23.1 Å². The number of carbonyl (C=O) groups is 2. The van der Waals surface area contributed by atoms with Crippen LogP contribution in [0, 0.1) is 0 Å². The SMILES string of the molecule is NS(=O)(=O)c1ccc(NC(=O)COC(=O)c2ccc3ccccc3c2O)cc1. The third kappa shape index (κ3) is 4.27. The number of amides is 1. The fourth-order valence-electron chi connectivity index (χ4n) is 2.55. The number of nitrogens with one attached hydrogen (secondary N) is 1. The van der Waals surface area contributed by atoms with E-state index in [0.29, 0.717) is 11.1 Å². The molecular formula is C19H16N2O6S. The van der Waals surface area contributed by atoms with E-state index < -0.39 is 28.5 Å². The predicted molar refractivity (Wildman–Crippen MR) is 102 cm³/mol. The van der Waals surface area contributed by atoms with Gasteiger partial charge in [0.15, 0.2) is 6.61 Å². The van der Waals surface area contributed by atoms with Crippen molar-refractivity contribution in [2.45, 2.75) is 4.90 Å². The van der Waals surface area contributed by atoms with Crippen LogP contribution in [0.1, 0.15) is 10.4 Å². The highest BCUT2D eigenvalue weighted by Crippen LogP contribution is 2.29. The van der Waals surface area contributed by atoms with Gasteiger partial charge in [-0.05, 0) is 35.7 Å². The number of hydrogen-bond donors (Lipinski definition) is 3. The van der Waals surface area contributed by atoms with Gasteiger partial charge < -0.3 is 15.2 Å². The van der Waals surface area contributed by atoms with Crippen LogP contribution >= 0.6 is 0 Å². The van der Waals surface area contributed by atoms with Crippen molar-refractivity contribution in [2.75, 3.05) is 11.9 Å². The van der Waals surface area contributed by atoms with Crippen molar-refractivity contribution in [2.24, 2.45) is 5.14 Å². The minimum Gasteiger partial charge on any atom is -0.506 e. The highest BCUT2D eigenvalue weighted by Gasteiger charge is 2.16. The predicted octanol–water partition coefficient (Wildman–Crippen LogP) is 1.99. The van der Waals surface area contributed by atoms with Crippen molar-refractivity contribution in [3.05, 3.63) is 66.2 Å². The number of benzene rings is 3. The molecule has 8 nitrogen and oxygen atoms in total. The van der Waals surface area contributed by atoms with Gasteiger partial charge in [-0.2, -0.15) is 0 Å². The number of primary sulfonamides is 1. The maximum absolute atomic E-state index is 12.2. The van der Waals surface area contributed by atoms with Gasteiger partial charge in [-0.1, -0.05) is 30.3 Å². The van der Waals surface area contributed by atoms with Gasteiger partial charge in [-0.15, -0.1) is 0 Å². The molecule has 0 aromatic heterocycles. The highest BCUT2D eigenvalue weighted by molar-refractivity contribution is 7.89. The average molecular weight is 400 g/mol. The first-order chi connectivity index (χ1) is 13.3. The molecule has 0 atom stereocenters. The summed E-state index contributed by atoms with van der Waals surface area (Å²) in [6, 6.07) is 15.3. The van der Waals surface area contributed by atoms with Crippen molar-refractivity contribution in [3.8, 4) is 5.75 Å². The summed E-state index contributed by atoms with van der Waals surface area (Å²) < 4.78 is 27.3. The van der Waals surface area contributed by atoms with Gasteiger partial charge in [-0.25, -0.2) is 18.4 Å². The monoisotopic (exact) mass is 400 g/mol. The van der Waals surface area contributed by atoms with E-state index in [1.165, 1.54) is 30.3 Å². The molecule has 3 rings (SSSR count). The van der Waals surface area contributed by atoms with Crippen LogP contribution in [0.3, 0.4) is 0 Å². The number of rotatable bonds is 5. The van der Waals surface area contributed by atoms with Gasteiger partial charge in [0.2, 0.25) is 10.0 Å². The first-order valence-electron chi connectivity index (χ1n) is 8.06. The summed E-state index contributed by atoms with van der Waals surface area (Å²) in [5, 5.41) is 19.0. The molecule has 3 aromatic rings. The minimum absolute atomic E-state index is 0.0518.